The van der Waals surface area contributed by atoms with Gasteiger partial charge in [0.05, 0.1) is 23.5 Å². The molecule has 1 saturated heterocycles. The Balaban J connectivity index is 1.38. The zero-order valence-electron chi connectivity index (χ0n) is 17.4. The summed E-state index contributed by atoms with van der Waals surface area (Å²) < 4.78 is 0. The molecular weight excluding hydrogens is 376 g/mol. The molecule has 2 aliphatic carbocycles. The third-order valence-corrected chi connectivity index (χ3v) is 6.54. The van der Waals surface area contributed by atoms with Crippen molar-refractivity contribution in [1.82, 2.24) is 20.3 Å². The second kappa shape index (κ2) is 8.14. The number of aromatic nitrogens is 3. The van der Waals surface area contributed by atoms with Crippen LogP contribution in [0.2, 0.25) is 0 Å². The van der Waals surface area contributed by atoms with E-state index >= 15 is 0 Å². The molecule has 2 fully saturated rings. The average molecular weight is 405 g/mol. The lowest BCUT2D eigenvalue weighted by Crippen LogP contribution is -2.43. The molecule has 30 heavy (non-hydrogen) atoms. The van der Waals surface area contributed by atoms with Gasteiger partial charge >= 0.3 is 0 Å². The van der Waals surface area contributed by atoms with Gasteiger partial charge in [-0.2, -0.15) is 0 Å². The molecule has 0 radical (unpaired) electrons. The fraction of sp³-hybridized carbons (Fsp3) is 0.478. The Bertz CT molecular complexity index is 958. The van der Waals surface area contributed by atoms with Crippen LogP contribution >= 0.6 is 0 Å². The summed E-state index contributed by atoms with van der Waals surface area (Å²) in [6, 6.07) is 4.04. The Hall–Kier alpha value is -2.80. The number of hydrogen-bond donors (Lipinski definition) is 2. The van der Waals surface area contributed by atoms with Gasteiger partial charge < -0.3 is 15.5 Å². The topological polar surface area (TPSA) is 83.0 Å². The van der Waals surface area contributed by atoms with Gasteiger partial charge in [0.15, 0.2) is 5.78 Å². The largest absolute Gasteiger partial charge is 0.368 e. The van der Waals surface area contributed by atoms with Crippen LogP contribution in [0.4, 0.5) is 17.5 Å². The highest BCUT2D eigenvalue weighted by atomic mass is 16.1. The van der Waals surface area contributed by atoms with Crippen molar-refractivity contribution >= 4 is 28.8 Å². The highest BCUT2D eigenvalue weighted by Crippen LogP contribution is 2.42. The van der Waals surface area contributed by atoms with E-state index in [0.717, 1.165) is 61.5 Å². The molecule has 0 bridgehead atoms. The lowest BCUT2D eigenvalue weighted by atomic mass is 9.78. The Morgan fingerprint density at radius 3 is 2.63 bits per heavy atom. The van der Waals surface area contributed by atoms with E-state index in [9.17, 15) is 4.79 Å². The quantitative estimate of drug-likeness (QED) is 0.809. The molecule has 2 N–H and O–H groups in total. The van der Waals surface area contributed by atoms with Crippen molar-refractivity contribution < 1.29 is 4.79 Å². The van der Waals surface area contributed by atoms with Crippen LogP contribution in [0, 0.1) is 5.92 Å². The van der Waals surface area contributed by atoms with E-state index in [1.165, 1.54) is 12.8 Å². The van der Waals surface area contributed by atoms with Crippen LogP contribution in [0.3, 0.4) is 0 Å². The summed E-state index contributed by atoms with van der Waals surface area (Å²) in [6.07, 6.45) is 10.1. The van der Waals surface area contributed by atoms with E-state index in [1.54, 1.807) is 6.08 Å². The Kier molecular flexibility index (Phi) is 5.21. The summed E-state index contributed by atoms with van der Waals surface area (Å²) >= 11 is 0. The van der Waals surface area contributed by atoms with E-state index in [-0.39, 0.29) is 11.7 Å². The van der Waals surface area contributed by atoms with Gasteiger partial charge in [0.2, 0.25) is 5.95 Å². The number of nitrogens with zero attached hydrogens (tertiary/aromatic N) is 4. The van der Waals surface area contributed by atoms with Gasteiger partial charge in [0.25, 0.3) is 0 Å². The van der Waals surface area contributed by atoms with Gasteiger partial charge in [-0.3, -0.25) is 4.79 Å². The molecule has 2 aromatic rings. The monoisotopic (exact) mass is 404 g/mol. The summed E-state index contributed by atoms with van der Waals surface area (Å²) in [6.45, 7) is 5.95. The van der Waals surface area contributed by atoms with Gasteiger partial charge in [-0.1, -0.05) is 12.8 Å². The number of ketones is 1. The maximum absolute atomic E-state index is 12.8. The minimum Gasteiger partial charge on any atom is -0.368 e. The van der Waals surface area contributed by atoms with Gasteiger partial charge in [-0.05, 0) is 49.5 Å². The fourth-order valence-electron chi connectivity index (χ4n) is 4.94. The third kappa shape index (κ3) is 3.69. The summed E-state index contributed by atoms with van der Waals surface area (Å²) in [5.74, 6) is 1.65. The van der Waals surface area contributed by atoms with Crippen LogP contribution in [0.1, 0.15) is 49.8 Å². The van der Waals surface area contributed by atoms with Crippen LogP contribution in [0.15, 0.2) is 30.6 Å². The molecule has 5 rings (SSSR count). The number of rotatable bonds is 4. The summed E-state index contributed by atoms with van der Waals surface area (Å²) in [7, 11) is 0. The Morgan fingerprint density at radius 2 is 1.90 bits per heavy atom. The molecule has 1 saturated carbocycles. The SMILES string of the molecule is CC1=CC(=O)C(C2CCCC2)c2nc(Nc3ccc(N4CCNCC4)cn3)ncc21. The zero-order chi connectivity index (χ0) is 20.5. The Morgan fingerprint density at radius 1 is 1.10 bits per heavy atom. The van der Waals surface area contributed by atoms with Crippen molar-refractivity contribution in [3.8, 4) is 0 Å². The average Bonchev–Trinajstić information content (AvgIpc) is 3.29. The molecule has 7 heteroatoms. The first-order chi connectivity index (χ1) is 14.7. The van der Waals surface area contributed by atoms with Crippen LogP contribution in [0.25, 0.3) is 5.57 Å². The molecule has 1 aliphatic heterocycles. The molecule has 1 atom stereocenters. The first-order valence-electron chi connectivity index (χ1n) is 11.0. The van der Waals surface area contributed by atoms with Crippen molar-refractivity contribution in [3.63, 3.8) is 0 Å². The molecule has 7 nitrogen and oxygen atoms in total. The standard InChI is InChI=1S/C23H28N6O/c1-15-12-19(30)21(16-4-2-3-5-16)22-18(15)14-26-23(28-22)27-20-7-6-17(13-25-20)29-10-8-24-9-11-29/h6-7,12-14,16,21,24H,2-5,8-11H2,1H3,(H,25,26,27,28). The molecule has 2 aromatic heterocycles. The number of pyridine rings is 1. The molecule has 0 aromatic carbocycles. The maximum atomic E-state index is 12.8. The zero-order valence-corrected chi connectivity index (χ0v) is 17.4. The van der Waals surface area contributed by atoms with Crippen LogP contribution < -0.4 is 15.5 Å². The fourth-order valence-corrected chi connectivity index (χ4v) is 4.94. The molecule has 3 aliphatic rings. The number of piperazine rings is 1. The molecule has 1 unspecified atom stereocenters. The second-order valence-electron chi connectivity index (χ2n) is 8.51. The summed E-state index contributed by atoms with van der Waals surface area (Å²) in [4.78, 5) is 29.0. The lowest BCUT2D eigenvalue weighted by Gasteiger charge is -2.29. The second-order valence-corrected chi connectivity index (χ2v) is 8.51. The number of carbonyl (C=O) groups excluding carboxylic acids is 1. The van der Waals surface area contributed by atoms with Crippen LogP contribution in [-0.4, -0.2) is 46.9 Å². The van der Waals surface area contributed by atoms with Crippen molar-refractivity contribution in [2.24, 2.45) is 5.92 Å². The van der Waals surface area contributed by atoms with E-state index < -0.39 is 0 Å². The normalized spacial score (nSPS) is 22.0. The van der Waals surface area contributed by atoms with Gasteiger partial charge in [-0.25, -0.2) is 15.0 Å². The Labute approximate surface area is 177 Å². The van der Waals surface area contributed by atoms with Gasteiger partial charge in [-0.15, -0.1) is 0 Å². The van der Waals surface area contributed by atoms with E-state index in [4.69, 9.17) is 4.98 Å². The third-order valence-electron chi connectivity index (χ3n) is 6.54. The van der Waals surface area contributed by atoms with Crippen LogP contribution in [0.5, 0.6) is 0 Å². The van der Waals surface area contributed by atoms with Crippen molar-refractivity contribution in [2.45, 2.75) is 38.5 Å². The highest BCUT2D eigenvalue weighted by molar-refractivity contribution is 6.04. The van der Waals surface area contributed by atoms with Crippen LogP contribution in [-0.2, 0) is 4.79 Å². The molecule has 0 spiro atoms. The predicted octanol–water partition coefficient (Wildman–Crippen LogP) is 3.28. The van der Waals surface area contributed by atoms with Crippen molar-refractivity contribution in [3.05, 3.63) is 41.9 Å². The van der Waals surface area contributed by atoms with E-state index in [0.29, 0.717) is 17.7 Å². The molecular formula is C23H28N6O. The maximum Gasteiger partial charge on any atom is 0.228 e. The number of hydrogen-bond acceptors (Lipinski definition) is 7. The van der Waals surface area contributed by atoms with Gasteiger partial charge in [0, 0.05) is 37.9 Å². The number of anilines is 3. The first-order valence-corrected chi connectivity index (χ1v) is 11.0. The first kappa shape index (κ1) is 19.2. The van der Waals surface area contributed by atoms with E-state index in [2.05, 4.69) is 31.6 Å². The van der Waals surface area contributed by atoms with Crippen molar-refractivity contribution in [1.29, 1.82) is 0 Å². The predicted molar refractivity (Wildman–Crippen MR) is 118 cm³/mol. The number of fused-ring (bicyclic) bond motifs is 1. The van der Waals surface area contributed by atoms with Gasteiger partial charge in [0.1, 0.15) is 5.82 Å². The molecule has 3 heterocycles. The molecule has 156 valence electrons. The summed E-state index contributed by atoms with van der Waals surface area (Å²) in [5, 5.41) is 6.59. The molecule has 0 amide bonds. The lowest BCUT2D eigenvalue weighted by molar-refractivity contribution is -0.117. The minimum absolute atomic E-state index is 0.141. The summed E-state index contributed by atoms with van der Waals surface area (Å²) in [5.41, 5.74) is 3.95. The number of nitrogens with one attached hydrogen (secondary N) is 2. The van der Waals surface area contributed by atoms with E-state index in [1.807, 2.05) is 25.4 Å². The smallest absolute Gasteiger partial charge is 0.228 e. The highest BCUT2D eigenvalue weighted by Gasteiger charge is 2.36. The number of allylic oxidation sites excluding steroid dienone is 2. The van der Waals surface area contributed by atoms with Crippen molar-refractivity contribution in [2.75, 3.05) is 36.4 Å². The number of carbonyl (C=O) groups is 1. The minimum atomic E-state index is -0.141.